The first kappa shape index (κ1) is 8.21. The number of hydrogen-bond donors (Lipinski definition) is 0. The predicted octanol–water partition coefficient (Wildman–Crippen LogP) is 2.29. The van der Waals surface area contributed by atoms with Gasteiger partial charge in [-0.1, -0.05) is 0 Å². The minimum absolute atomic E-state index is 0.414. The average Bonchev–Trinajstić information content (AvgIpc) is 2.95. The van der Waals surface area contributed by atoms with Crippen LogP contribution in [-0.4, -0.2) is 16.1 Å². The second-order valence-electron chi connectivity index (χ2n) is 4.20. The molecule has 0 spiro atoms. The lowest BCUT2D eigenvalue weighted by molar-refractivity contribution is 0.114. The van der Waals surface area contributed by atoms with Gasteiger partial charge in [0.1, 0.15) is 11.9 Å². The highest BCUT2D eigenvalue weighted by Gasteiger charge is 2.27. The smallest absolute Gasteiger partial charge is 0.216 e. The quantitative estimate of drug-likeness (QED) is 0.733. The first-order valence-corrected chi connectivity index (χ1v) is 5.41. The monoisotopic (exact) mass is 190 g/mol. The summed E-state index contributed by atoms with van der Waals surface area (Å²) in [6.45, 7) is 0. The minimum Gasteiger partial charge on any atom is -0.474 e. The van der Waals surface area contributed by atoms with E-state index in [1.807, 2.05) is 12.3 Å². The van der Waals surface area contributed by atoms with Gasteiger partial charge >= 0.3 is 0 Å². The van der Waals surface area contributed by atoms with Gasteiger partial charge in [0.05, 0.1) is 0 Å². The van der Waals surface area contributed by atoms with Gasteiger partial charge in [-0.2, -0.15) is 4.98 Å². The Morgan fingerprint density at radius 3 is 2.71 bits per heavy atom. The Balaban J connectivity index is 1.72. The summed E-state index contributed by atoms with van der Waals surface area (Å²) in [5.41, 5.74) is 0. The molecule has 2 aliphatic rings. The van der Waals surface area contributed by atoms with E-state index in [-0.39, 0.29) is 0 Å². The number of aromatic nitrogens is 2. The molecular formula is C11H14N2O. The van der Waals surface area contributed by atoms with Crippen LogP contribution in [0.5, 0.6) is 5.88 Å². The predicted molar refractivity (Wildman–Crippen MR) is 52.3 cm³/mol. The van der Waals surface area contributed by atoms with Crippen molar-refractivity contribution in [3.63, 3.8) is 0 Å². The molecule has 0 N–H and O–H groups in total. The van der Waals surface area contributed by atoms with Crippen LogP contribution < -0.4 is 4.74 Å². The number of nitrogens with zero attached hydrogens (tertiary/aromatic N) is 2. The van der Waals surface area contributed by atoms with Crippen LogP contribution in [0.4, 0.5) is 0 Å². The maximum Gasteiger partial charge on any atom is 0.216 e. The third kappa shape index (κ3) is 1.59. The highest BCUT2D eigenvalue weighted by atomic mass is 16.5. The van der Waals surface area contributed by atoms with Gasteiger partial charge in [0.15, 0.2) is 0 Å². The Labute approximate surface area is 83.5 Å². The van der Waals surface area contributed by atoms with Crippen molar-refractivity contribution >= 4 is 0 Å². The highest BCUT2D eigenvalue weighted by Crippen LogP contribution is 2.38. The largest absolute Gasteiger partial charge is 0.474 e. The Hall–Kier alpha value is -1.12. The van der Waals surface area contributed by atoms with Crippen molar-refractivity contribution < 1.29 is 4.74 Å². The maximum atomic E-state index is 5.72. The van der Waals surface area contributed by atoms with Crippen molar-refractivity contribution in [2.24, 2.45) is 0 Å². The Kier molecular flexibility index (Phi) is 1.89. The summed E-state index contributed by atoms with van der Waals surface area (Å²) in [7, 11) is 0. The first-order chi connectivity index (χ1) is 6.92. The summed E-state index contributed by atoms with van der Waals surface area (Å²) in [6, 6.07) is 1.87. The molecule has 0 atom stereocenters. The second-order valence-corrected chi connectivity index (χ2v) is 4.20. The molecule has 0 bridgehead atoms. The molecule has 2 aliphatic carbocycles. The molecule has 2 fully saturated rings. The summed E-state index contributed by atoms with van der Waals surface area (Å²) >= 11 is 0. The van der Waals surface area contributed by atoms with Gasteiger partial charge in [0.25, 0.3) is 0 Å². The van der Waals surface area contributed by atoms with Gasteiger partial charge in [-0.15, -0.1) is 0 Å². The van der Waals surface area contributed by atoms with E-state index in [1.165, 1.54) is 32.1 Å². The highest BCUT2D eigenvalue weighted by molar-refractivity contribution is 5.14. The van der Waals surface area contributed by atoms with E-state index >= 15 is 0 Å². The third-order valence-corrected chi connectivity index (χ3v) is 2.93. The SMILES string of the molecule is c1cc(OC2CCC2)nc(C2CC2)n1. The van der Waals surface area contributed by atoms with Crippen LogP contribution >= 0.6 is 0 Å². The summed E-state index contributed by atoms with van der Waals surface area (Å²) in [6.07, 6.45) is 8.38. The summed E-state index contributed by atoms with van der Waals surface area (Å²) in [5.74, 6) is 2.35. The first-order valence-electron chi connectivity index (χ1n) is 5.41. The lowest BCUT2D eigenvalue weighted by atomic mass is 9.96. The molecule has 1 aromatic rings. The van der Waals surface area contributed by atoms with Crippen LogP contribution in [0.1, 0.15) is 43.8 Å². The average molecular weight is 190 g/mol. The van der Waals surface area contributed by atoms with E-state index in [0.29, 0.717) is 12.0 Å². The molecule has 1 aromatic heterocycles. The zero-order valence-corrected chi connectivity index (χ0v) is 8.15. The van der Waals surface area contributed by atoms with Gasteiger partial charge in [0.2, 0.25) is 5.88 Å². The maximum absolute atomic E-state index is 5.72. The van der Waals surface area contributed by atoms with Crippen molar-refractivity contribution in [1.29, 1.82) is 0 Å². The summed E-state index contributed by atoms with van der Waals surface area (Å²) < 4.78 is 5.72. The van der Waals surface area contributed by atoms with Crippen molar-refractivity contribution in [2.45, 2.75) is 44.1 Å². The third-order valence-electron chi connectivity index (χ3n) is 2.93. The van der Waals surface area contributed by atoms with E-state index < -0.39 is 0 Å². The van der Waals surface area contributed by atoms with Gasteiger partial charge in [-0.3, -0.25) is 0 Å². The number of ether oxygens (including phenoxy) is 1. The Morgan fingerprint density at radius 1 is 1.21 bits per heavy atom. The molecule has 0 amide bonds. The second kappa shape index (κ2) is 3.23. The molecule has 14 heavy (non-hydrogen) atoms. The zero-order valence-electron chi connectivity index (χ0n) is 8.15. The molecule has 74 valence electrons. The van der Waals surface area contributed by atoms with Crippen LogP contribution in [0.3, 0.4) is 0 Å². The Morgan fingerprint density at radius 2 is 2.07 bits per heavy atom. The number of hydrogen-bond acceptors (Lipinski definition) is 3. The topological polar surface area (TPSA) is 35.0 Å². The molecular weight excluding hydrogens is 176 g/mol. The van der Waals surface area contributed by atoms with Crippen LogP contribution in [-0.2, 0) is 0 Å². The fourth-order valence-electron chi connectivity index (χ4n) is 1.62. The van der Waals surface area contributed by atoms with Gasteiger partial charge in [-0.25, -0.2) is 4.98 Å². The molecule has 0 unspecified atom stereocenters. The Bertz CT molecular complexity index is 332. The van der Waals surface area contributed by atoms with E-state index in [0.717, 1.165) is 11.7 Å². The van der Waals surface area contributed by atoms with Crippen LogP contribution in [0.15, 0.2) is 12.3 Å². The van der Waals surface area contributed by atoms with Crippen LogP contribution in [0, 0.1) is 0 Å². The molecule has 0 saturated heterocycles. The normalized spacial score (nSPS) is 21.7. The van der Waals surface area contributed by atoms with Gasteiger partial charge in [0, 0.05) is 18.2 Å². The van der Waals surface area contributed by atoms with E-state index in [4.69, 9.17) is 4.74 Å². The lowest BCUT2D eigenvalue weighted by Crippen LogP contribution is -2.25. The van der Waals surface area contributed by atoms with E-state index in [2.05, 4.69) is 9.97 Å². The molecule has 3 rings (SSSR count). The van der Waals surface area contributed by atoms with Crippen molar-refractivity contribution in [2.75, 3.05) is 0 Å². The molecule has 1 heterocycles. The van der Waals surface area contributed by atoms with Crippen LogP contribution in [0.2, 0.25) is 0 Å². The van der Waals surface area contributed by atoms with Crippen molar-refractivity contribution in [1.82, 2.24) is 9.97 Å². The molecule has 0 aromatic carbocycles. The molecule has 0 aliphatic heterocycles. The number of rotatable bonds is 3. The van der Waals surface area contributed by atoms with Gasteiger partial charge in [-0.05, 0) is 32.1 Å². The van der Waals surface area contributed by atoms with Crippen molar-refractivity contribution in [3.8, 4) is 5.88 Å². The summed E-state index contributed by atoms with van der Waals surface area (Å²) in [4.78, 5) is 8.68. The molecule has 0 radical (unpaired) electrons. The minimum atomic E-state index is 0.414. The molecule has 3 nitrogen and oxygen atoms in total. The lowest BCUT2D eigenvalue weighted by Gasteiger charge is -2.25. The zero-order chi connectivity index (χ0) is 9.38. The molecule has 3 heteroatoms. The van der Waals surface area contributed by atoms with Gasteiger partial charge < -0.3 is 4.74 Å². The fraction of sp³-hybridized carbons (Fsp3) is 0.636. The van der Waals surface area contributed by atoms with Crippen LogP contribution in [0.25, 0.3) is 0 Å². The van der Waals surface area contributed by atoms with E-state index in [9.17, 15) is 0 Å². The fourth-order valence-corrected chi connectivity index (χ4v) is 1.62. The van der Waals surface area contributed by atoms with E-state index in [1.54, 1.807) is 0 Å². The molecule has 2 saturated carbocycles. The summed E-state index contributed by atoms with van der Waals surface area (Å²) in [5, 5.41) is 0. The van der Waals surface area contributed by atoms with Crippen molar-refractivity contribution in [3.05, 3.63) is 18.1 Å². The standard InChI is InChI=1S/C11H14N2O/c1-2-9(3-1)14-10-6-7-12-11(13-10)8-4-5-8/h6-9H,1-5H2.